The van der Waals surface area contributed by atoms with E-state index >= 15 is 0 Å². The Morgan fingerprint density at radius 3 is 2.80 bits per heavy atom. The van der Waals surface area contributed by atoms with E-state index < -0.39 is 0 Å². The molecular weight excluding hydrogens is 275 g/mol. The molecule has 76 valence electrons. The van der Waals surface area contributed by atoms with Crippen molar-refractivity contribution in [3.8, 4) is 0 Å². The molecule has 1 fully saturated rings. The van der Waals surface area contributed by atoms with Crippen LogP contribution in [-0.2, 0) is 0 Å². The minimum atomic E-state index is 0.531. The maximum absolute atomic E-state index is 6.05. The number of halogens is 2. The number of aromatic nitrogens is 2. The van der Waals surface area contributed by atoms with Gasteiger partial charge in [-0.25, -0.2) is 9.97 Å². The van der Waals surface area contributed by atoms with Crippen molar-refractivity contribution in [1.82, 2.24) is 9.97 Å². The van der Waals surface area contributed by atoms with E-state index in [1.165, 1.54) is 24.7 Å². The van der Waals surface area contributed by atoms with Gasteiger partial charge in [-0.05, 0) is 36.5 Å². The van der Waals surface area contributed by atoms with Gasteiger partial charge >= 0.3 is 0 Å². The lowest BCUT2D eigenvalue weighted by Gasteiger charge is -2.06. The number of fused-ring (bicyclic) bond motifs is 1. The van der Waals surface area contributed by atoms with Crippen LogP contribution >= 0.6 is 27.5 Å². The minimum absolute atomic E-state index is 0.531. The van der Waals surface area contributed by atoms with E-state index in [0.717, 1.165) is 15.4 Å². The van der Waals surface area contributed by atoms with Crippen LogP contribution in [0.3, 0.4) is 0 Å². The van der Waals surface area contributed by atoms with Crippen LogP contribution in [0, 0.1) is 0 Å². The van der Waals surface area contributed by atoms with Crippen molar-refractivity contribution in [2.45, 2.75) is 18.8 Å². The van der Waals surface area contributed by atoms with Gasteiger partial charge in [0.1, 0.15) is 11.5 Å². The second-order valence-electron chi connectivity index (χ2n) is 3.83. The molecule has 1 aliphatic rings. The molecule has 4 heteroatoms. The number of nitrogens with zero attached hydrogens (tertiary/aromatic N) is 2. The van der Waals surface area contributed by atoms with Crippen molar-refractivity contribution in [3.63, 3.8) is 0 Å². The van der Waals surface area contributed by atoms with Gasteiger partial charge in [0, 0.05) is 9.86 Å². The third-order valence-corrected chi connectivity index (χ3v) is 3.46. The standard InChI is InChI=1S/C11H8BrClN2/c12-7-3-8(6-1-2-6)10-9(4-7)11(13)15-5-14-10/h3-6H,1-2H2. The highest BCUT2D eigenvalue weighted by molar-refractivity contribution is 9.10. The van der Waals surface area contributed by atoms with E-state index in [2.05, 4.69) is 32.0 Å². The van der Waals surface area contributed by atoms with Crippen LogP contribution < -0.4 is 0 Å². The smallest absolute Gasteiger partial charge is 0.140 e. The van der Waals surface area contributed by atoms with E-state index in [1.54, 1.807) is 0 Å². The number of rotatable bonds is 1. The average Bonchev–Trinajstić information content (AvgIpc) is 3.02. The molecule has 2 aromatic rings. The van der Waals surface area contributed by atoms with Gasteiger partial charge in [-0.15, -0.1) is 0 Å². The molecule has 0 unspecified atom stereocenters. The summed E-state index contributed by atoms with van der Waals surface area (Å²) in [6, 6.07) is 4.12. The van der Waals surface area contributed by atoms with Crippen LogP contribution in [0.1, 0.15) is 24.3 Å². The number of benzene rings is 1. The molecule has 0 spiro atoms. The molecule has 15 heavy (non-hydrogen) atoms. The van der Waals surface area contributed by atoms with Gasteiger partial charge in [0.05, 0.1) is 5.52 Å². The van der Waals surface area contributed by atoms with Crippen LogP contribution in [0.2, 0.25) is 5.15 Å². The maximum atomic E-state index is 6.05. The third kappa shape index (κ3) is 1.64. The molecule has 0 saturated heterocycles. The normalized spacial score (nSPS) is 15.9. The lowest BCUT2D eigenvalue weighted by atomic mass is 10.1. The SMILES string of the molecule is Clc1ncnc2c(C3CC3)cc(Br)cc12. The fourth-order valence-electron chi connectivity index (χ4n) is 1.83. The number of hydrogen-bond donors (Lipinski definition) is 0. The zero-order valence-electron chi connectivity index (χ0n) is 7.87. The Labute approximate surface area is 101 Å². The molecule has 0 bridgehead atoms. The highest BCUT2D eigenvalue weighted by Gasteiger charge is 2.26. The van der Waals surface area contributed by atoms with Crippen molar-refractivity contribution in [1.29, 1.82) is 0 Å². The summed E-state index contributed by atoms with van der Waals surface area (Å²) in [6.07, 6.45) is 4.05. The lowest BCUT2D eigenvalue weighted by Crippen LogP contribution is -1.90. The molecule has 3 rings (SSSR count). The molecule has 1 aromatic carbocycles. The van der Waals surface area contributed by atoms with E-state index in [9.17, 15) is 0 Å². The van der Waals surface area contributed by atoms with Crippen molar-refractivity contribution in [2.24, 2.45) is 0 Å². The molecule has 2 nitrogen and oxygen atoms in total. The number of hydrogen-bond acceptors (Lipinski definition) is 2. The maximum Gasteiger partial charge on any atom is 0.140 e. The van der Waals surface area contributed by atoms with Crippen LogP contribution in [-0.4, -0.2) is 9.97 Å². The molecule has 0 N–H and O–H groups in total. The summed E-state index contributed by atoms with van der Waals surface area (Å²) in [5.74, 6) is 0.663. The van der Waals surface area contributed by atoms with E-state index in [0.29, 0.717) is 11.1 Å². The van der Waals surface area contributed by atoms with Gasteiger partial charge in [0.2, 0.25) is 0 Å². The molecule has 0 amide bonds. The predicted octanol–water partition coefficient (Wildman–Crippen LogP) is 3.92. The fourth-order valence-corrected chi connectivity index (χ4v) is 2.50. The van der Waals surface area contributed by atoms with E-state index in [1.807, 2.05) is 6.07 Å². The summed E-state index contributed by atoms with van der Waals surface area (Å²) in [5, 5.41) is 1.47. The van der Waals surface area contributed by atoms with Gasteiger partial charge in [0.25, 0.3) is 0 Å². The van der Waals surface area contributed by atoms with Gasteiger partial charge in [0.15, 0.2) is 0 Å². The van der Waals surface area contributed by atoms with Gasteiger partial charge in [-0.2, -0.15) is 0 Å². The molecule has 1 aliphatic carbocycles. The first-order chi connectivity index (χ1) is 7.25. The zero-order chi connectivity index (χ0) is 10.4. The van der Waals surface area contributed by atoms with Gasteiger partial charge < -0.3 is 0 Å². The summed E-state index contributed by atoms with van der Waals surface area (Å²) in [7, 11) is 0. The zero-order valence-corrected chi connectivity index (χ0v) is 10.2. The molecule has 1 aromatic heterocycles. The van der Waals surface area contributed by atoms with Gasteiger partial charge in [-0.3, -0.25) is 0 Å². The Bertz CT molecular complexity index is 537. The van der Waals surface area contributed by atoms with Crippen LogP contribution in [0.5, 0.6) is 0 Å². The van der Waals surface area contributed by atoms with Crippen molar-refractivity contribution < 1.29 is 0 Å². The van der Waals surface area contributed by atoms with Crippen molar-refractivity contribution in [2.75, 3.05) is 0 Å². The molecule has 1 heterocycles. The van der Waals surface area contributed by atoms with Crippen LogP contribution in [0.25, 0.3) is 10.9 Å². The molecule has 0 atom stereocenters. The highest BCUT2D eigenvalue weighted by Crippen LogP contribution is 2.44. The topological polar surface area (TPSA) is 25.8 Å². The first-order valence-corrected chi connectivity index (χ1v) is 6.02. The Balaban J connectivity index is 2.38. The Morgan fingerprint density at radius 2 is 2.07 bits per heavy atom. The second kappa shape index (κ2) is 3.42. The first-order valence-electron chi connectivity index (χ1n) is 4.85. The lowest BCUT2D eigenvalue weighted by molar-refractivity contribution is 1.12. The summed E-state index contributed by atoms with van der Waals surface area (Å²) in [6.45, 7) is 0. The summed E-state index contributed by atoms with van der Waals surface area (Å²) >= 11 is 9.55. The minimum Gasteiger partial charge on any atom is -0.236 e. The third-order valence-electron chi connectivity index (χ3n) is 2.70. The molecular formula is C11H8BrClN2. The van der Waals surface area contributed by atoms with E-state index in [4.69, 9.17) is 11.6 Å². The van der Waals surface area contributed by atoms with Crippen molar-refractivity contribution in [3.05, 3.63) is 33.6 Å². The largest absolute Gasteiger partial charge is 0.236 e. The van der Waals surface area contributed by atoms with E-state index in [-0.39, 0.29) is 0 Å². The van der Waals surface area contributed by atoms with Gasteiger partial charge in [-0.1, -0.05) is 27.5 Å². The fraction of sp³-hybridized carbons (Fsp3) is 0.273. The highest BCUT2D eigenvalue weighted by atomic mass is 79.9. The first kappa shape index (κ1) is 9.55. The molecule has 0 aliphatic heterocycles. The quantitative estimate of drug-likeness (QED) is 0.741. The molecule has 0 radical (unpaired) electrons. The van der Waals surface area contributed by atoms with Crippen LogP contribution in [0.15, 0.2) is 22.9 Å². The van der Waals surface area contributed by atoms with Crippen LogP contribution in [0.4, 0.5) is 0 Å². The summed E-state index contributed by atoms with van der Waals surface area (Å²) in [5.41, 5.74) is 2.30. The molecule has 1 saturated carbocycles. The second-order valence-corrected chi connectivity index (χ2v) is 5.10. The Morgan fingerprint density at radius 1 is 1.27 bits per heavy atom. The predicted molar refractivity (Wildman–Crippen MR) is 64.2 cm³/mol. The Hall–Kier alpha value is -0.670. The summed E-state index contributed by atoms with van der Waals surface area (Å²) in [4.78, 5) is 8.33. The Kier molecular flexibility index (Phi) is 2.18. The van der Waals surface area contributed by atoms with Crippen molar-refractivity contribution >= 4 is 38.4 Å². The summed E-state index contributed by atoms with van der Waals surface area (Å²) < 4.78 is 1.05. The average molecular weight is 284 g/mol. The monoisotopic (exact) mass is 282 g/mol.